The minimum Gasteiger partial charge on any atom is -0.481 e. The molecular weight excluding hydrogens is 290 g/mol. The van der Waals surface area contributed by atoms with Crippen LogP contribution in [-0.4, -0.2) is 35.0 Å². The molecule has 0 bridgehead atoms. The fraction of sp³-hybridized carbons (Fsp3) is 0.500. The lowest BCUT2D eigenvalue weighted by molar-refractivity contribution is -0.151. The van der Waals surface area contributed by atoms with Gasteiger partial charge < -0.3 is 10.0 Å². The van der Waals surface area contributed by atoms with E-state index in [-0.39, 0.29) is 24.8 Å². The summed E-state index contributed by atoms with van der Waals surface area (Å²) in [5.41, 5.74) is -0.0441. The molecule has 21 heavy (non-hydrogen) atoms. The van der Waals surface area contributed by atoms with Crippen LogP contribution in [0.4, 0.5) is 0 Å². The highest BCUT2D eigenvalue weighted by molar-refractivity contribution is 6.31. The molecule has 1 atom stereocenters. The number of carbonyl (C=O) groups is 2. The quantitative estimate of drug-likeness (QED) is 0.930. The molecule has 1 aromatic rings. The van der Waals surface area contributed by atoms with Crippen molar-refractivity contribution in [2.75, 3.05) is 13.1 Å². The predicted octanol–water partition coefficient (Wildman–Crippen LogP) is 2.84. The van der Waals surface area contributed by atoms with Crippen molar-refractivity contribution in [1.29, 1.82) is 0 Å². The van der Waals surface area contributed by atoms with E-state index in [4.69, 9.17) is 11.6 Å². The number of likely N-dealkylation sites (tertiary alicyclic amines) is 1. The van der Waals surface area contributed by atoms with E-state index < -0.39 is 11.4 Å². The third-order valence-electron chi connectivity index (χ3n) is 4.48. The van der Waals surface area contributed by atoms with E-state index in [0.29, 0.717) is 18.0 Å². The van der Waals surface area contributed by atoms with Crippen molar-refractivity contribution in [2.24, 2.45) is 11.3 Å². The third kappa shape index (κ3) is 3.05. The van der Waals surface area contributed by atoms with E-state index in [9.17, 15) is 14.7 Å². The van der Waals surface area contributed by atoms with Gasteiger partial charge in [0.2, 0.25) is 5.91 Å². The van der Waals surface area contributed by atoms with Crippen molar-refractivity contribution < 1.29 is 14.7 Å². The Morgan fingerprint density at radius 2 is 2.05 bits per heavy atom. The van der Waals surface area contributed by atoms with E-state index >= 15 is 0 Å². The first-order chi connectivity index (χ1) is 9.86. The maximum atomic E-state index is 12.4. The standard InChI is InChI=1S/C16H20ClNO3/c1-11(2)16(15(20)21)7-8-18(10-16)14(19)9-12-5-3-4-6-13(12)17/h3-6,11H,7-10H2,1-2H3,(H,20,21). The lowest BCUT2D eigenvalue weighted by Gasteiger charge is -2.28. The number of benzene rings is 1. The smallest absolute Gasteiger partial charge is 0.311 e. The van der Waals surface area contributed by atoms with Crippen molar-refractivity contribution >= 4 is 23.5 Å². The SMILES string of the molecule is CC(C)C1(C(=O)O)CCN(C(=O)Cc2ccccc2Cl)C1. The van der Waals surface area contributed by atoms with Crippen LogP contribution in [0.5, 0.6) is 0 Å². The number of halogens is 1. The zero-order valence-corrected chi connectivity index (χ0v) is 13.1. The first-order valence-electron chi connectivity index (χ1n) is 7.11. The molecule has 5 heteroatoms. The highest BCUT2D eigenvalue weighted by atomic mass is 35.5. The zero-order chi connectivity index (χ0) is 15.6. The Morgan fingerprint density at radius 3 is 2.57 bits per heavy atom. The van der Waals surface area contributed by atoms with Gasteiger partial charge in [0.05, 0.1) is 11.8 Å². The monoisotopic (exact) mass is 309 g/mol. The first kappa shape index (κ1) is 15.8. The van der Waals surface area contributed by atoms with Crippen LogP contribution < -0.4 is 0 Å². The molecule has 1 aliphatic heterocycles. The van der Waals surface area contributed by atoms with Crippen molar-refractivity contribution in [3.63, 3.8) is 0 Å². The Kier molecular flexibility index (Phi) is 4.57. The first-order valence-corrected chi connectivity index (χ1v) is 7.49. The van der Waals surface area contributed by atoms with E-state index in [1.165, 1.54) is 0 Å². The highest BCUT2D eigenvalue weighted by Gasteiger charge is 2.48. The average molecular weight is 310 g/mol. The predicted molar refractivity (Wildman–Crippen MR) is 81.3 cm³/mol. The van der Waals surface area contributed by atoms with Gasteiger partial charge in [-0.15, -0.1) is 0 Å². The molecule has 1 heterocycles. The van der Waals surface area contributed by atoms with E-state index in [2.05, 4.69) is 0 Å². The fourth-order valence-electron chi connectivity index (χ4n) is 2.86. The highest BCUT2D eigenvalue weighted by Crippen LogP contribution is 2.38. The van der Waals surface area contributed by atoms with Crippen molar-refractivity contribution in [2.45, 2.75) is 26.7 Å². The van der Waals surface area contributed by atoms with Crippen LogP contribution in [0.25, 0.3) is 0 Å². The summed E-state index contributed by atoms with van der Waals surface area (Å²) in [5, 5.41) is 10.1. The largest absolute Gasteiger partial charge is 0.481 e. The van der Waals surface area contributed by atoms with Gasteiger partial charge in [0, 0.05) is 18.1 Å². The van der Waals surface area contributed by atoms with Gasteiger partial charge in [0.1, 0.15) is 0 Å². The van der Waals surface area contributed by atoms with Gasteiger partial charge in [-0.3, -0.25) is 9.59 Å². The number of hydrogen-bond acceptors (Lipinski definition) is 2. The second-order valence-electron chi connectivity index (χ2n) is 5.95. The number of carboxylic acid groups (broad SMARTS) is 1. The summed E-state index contributed by atoms with van der Waals surface area (Å²) in [6.07, 6.45) is 0.724. The summed E-state index contributed by atoms with van der Waals surface area (Å²) in [7, 11) is 0. The Hall–Kier alpha value is -1.55. The van der Waals surface area contributed by atoms with Crippen molar-refractivity contribution in [1.82, 2.24) is 4.90 Å². The normalized spacial score (nSPS) is 21.8. The third-order valence-corrected chi connectivity index (χ3v) is 4.85. The molecule has 2 rings (SSSR count). The molecule has 1 aliphatic rings. The number of hydrogen-bond donors (Lipinski definition) is 1. The molecule has 1 N–H and O–H groups in total. The van der Waals surface area contributed by atoms with Crippen LogP contribution in [0.2, 0.25) is 5.02 Å². The number of rotatable bonds is 4. The minimum absolute atomic E-state index is 0.00638. The van der Waals surface area contributed by atoms with Crippen molar-refractivity contribution in [3.05, 3.63) is 34.9 Å². The van der Waals surface area contributed by atoms with E-state index in [1.54, 1.807) is 11.0 Å². The molecule has 1 unspecified atom stereocenters. The van der Waals surface area contributed by atoms with Gasteiger partial charge in [-0.2, -0.15) is 0 Å². The summed E-state index contributed by atoms with van der Waals surface area (Å²) < 4.78 is 0. The fourth-order valence-corrected chi connectivity index (χ4v) is 3.06. The van der Waals surface area contributed by atoms with Crippen LogP contribution in [0, 0.1) is 11.3 Å². The Bertz CT molecular complexity index is 558. The van der Waals surface area contributed by atoms with Gasteiger partial charge in [-0.25, -0.2) is 0 Å². The summed E-state index contributed by atoms with van der Waals surface area (Å²) >= 11 is 6.07. The molecule has 0 aromatic heterocycles. The lowest BCUT2D eigenvalue weighted by Crippen LogP contribution is -2.41. The van der Waals surface area contributed by atoms with Crippen molar-refractivity contribution in [3.8, 4) is 0 Å². The number of carbonyl (C=O) groups excluding carboxylic acids is 1. The second kappa shape index (κ2) is 6.06. The van der Waals surface area contributed by atoms with Gasteiger partial charge >= 0.3 is 5.97 Å². The van der Waals surface area contributed by atoms with Gasteiger partial charge in [0.25, 0.3) is 0 Å². The number of amides is 1. The van der Waals surface area contributed by atoms with E-state index in [1.807, 2.05) is 32.0 Å². The number of aliphatic carboxylic acids is 1. The van der Waals surface area contributed by atoms with E-state index in [0.717, 1.165) is 5.56 Å². The molecule has 0 saturated carbocycles. The molecule has 1 aromatic carbocycles. The summed E-state index contributed by atoms with van der Waals surface area (Å²) in [6.45, 7) is 4.57. The molecule has 1 fully saturated rings. The molecule has 1 amide bonds. The van der Waals surface area contributed by atoms with Crippen LogP contribution in [0.3, 0.4) is 0 Å². The summed E-state index contributed by atoms with van der Waals surface area (Å²) in [5.74, 6) is -0.884. The Morgan fingerprint density at radius 1 is 1.38 bits per heavy atom. The minimum atomic E-state index is -0.823. The Labute approximate surface area is 129 Å². The number of nitrogens with zero attached hydrogens (tertiary/aromatic N) is 1. The maximum absolute atomic E-state index is 12.4. The Balaban J connectivity index is 2.09. The molecule has 1 saturated heterocycles. The lowest BCUT2D eigenvalue weighted by atomic mass is 9.76. The van der Waals surface area contributed by atoms with Crippen LogP contribution in [0.1, 0.15) is 25.8 Å². The molecule has 0 spiro atoms. The number of carboxylic acids is 1. The zero-order valence-electron chi connectivity index (χ0n) is 12.3. The van der Waals surface area contributed by atoms with Crippen LogP contribution >= 0.6 is 11.6 Å². The summed E-state index contributed by atoms with van der Waals surface area (Å²) in [4.78, 5) is 25.6. The topological polar surface area (TPSA) is 57.6 Å². The van der Waals surface area contributed by atoms with Crippen LogP contribution in [-0.2, 0) is 16.0 Å². The summed E-state index contributed by atoms with van der Waals surface area (Å²) in [6, 6.07) is 7.24. The van der Waals surface area contributed by atoms with Gasteiger partial charge in [0.15, 0.2) is 0 Å². The second-order valence-corrected chi connectivity index (χ2v) is 6.36. The molecule has 114 valence electrons. The molecular formula is C16H20ClNO3. The average Bonchev–Trinajstić information content (AvgIpc) is 2.88. The molecule has 0 aliphatic carbocycles. The van der Waals surface area contributed by atoms with Crippen LogP contribution in [0.15, 0.2) is 24.3 Å². The molecule has 4 nitrogen and oxygen atoms in total. The van der Waals surface area contributed by atoms with Gasteiger partial charge in [-0.05, 0) is 24.0 Å². The molecule has 0 radical (unpaired) electrons. The van der Waals surface area contributed by atoms with Gasteiger partial charge in [-0.1, -0.05) is 43.6 Å². The maximum Gasteiger partial charge on any atom is 0.311 e.